The third-order valence-electron chi connectivity index (χ3n) is 4.49. The summed E-state index contributed by atoms with van der Waals surface area (Å²) >= 11 is 0. The average Bonchev–Trinajstić information content (AvgIpc) is 2.38. The van der Waals surface area contributed by atoms with Crippen LogP contribution in [0.15, 0.2) is 0 Å². The lowest BCUT2D eigenvalue weighted by Crippen LogP contribution is -2.36. The maximum atomic E-state index is 3.54. The van der Waals surface area contributed by atoms with E-state index in [0.717, 1.165) is 11.8 Å². The summed E-state index contributed by atoms with van der Waals surface area (Å²) in [7, 11) is 0. The van der Waals surface area contributed by atoms with Crippen molar-refractivity contribution in [2.45, 2.75) is 45.4 Å². The Balaban J connectivity index is 1.63. The van der Waals surface area contributed by atoms with E-state index < -0.39 is 0 Å². The van der Waals surface area contributed by atoms with Crippen LogP contribution in [0.5, 0.6) is 0 Å². The largest absolute Gasteiger partial charge is 0.316 e. The number of hydrogen-bond donors (Lipinski definition) is 1. The third-order valence-corrected chi connectivity index (χ3v) is 4.49. The molecule has 0 bridgehead atoms. The fourth-order valence-electron chi connectivity index (χ4n) is 3.17. The molecule has 0 aromatic carbocycles. The molecule has 2 unspecified atom stereocenters. The van der Waals surface area contributed by atoms with Gasteiger partial charge in [0.2, 0.25) is 0 Å². The van der Waals surface area contributed by atoms with Gasteiger partial charge in [0, 0.05) is 0 Å². The van der Waals surface area contributed by atoms with Gasteiger partial charge in [-0.25, -0.2) is 0 Å². The molecule has 0 radical (unpaired) electrons. The molecule has 0 aromatic rings. The van der Waals surface area contributed by atoms with Crippen LogP contribution in [0.25, 0.3) is 0 Å². The Bertz CT molecular complexity index is 181. The monoisotopic (exact) mass is 224 g/mol. The molecule has 0 aromatic heterocycles. The molecule has 2 heteroatoms. The Morgan fingerprint density at radius 3 is 2.69 bits per heavy atom. The number of piperidine rings is 2. The van der Waals surface area contributed by atoms with Crippen molar-refractivity contribution in [1.82, 2.24) is 10.2 Å². The van der Waals surface area contributed by atoms with Crippen molar-refractivity contribution in [2.24, 2.45) is 11.8 Å². The number of nitrogens with one attached hydrogen (secondary N) is 1. The van der Waals surface area contributed by atoms with Gasteiger partial charge >= 0.3 is 0 Å². The molecule has 94 valence electrons. The molecule has 2 saturated heterocycles. The Morgan fingerprint density at radius 2 is 2.00 bits per heavy atom. The van der Waals surface area contributed by atoms with E-state index in [1.807, 2.05) is 0 Å². The number of likely N-dealkylation sites (tertiary alicyclic amines) is 1. The minimum absolute atomic E-state index is 0.912. The van der Waals surface area contributed by atoms with Crippen LogP contribution in [0.1, 0.15) is 45.4 Å². The van der Waals surface area contributed by atoms with Crippen molar-refractivity contribution in [3.8, 4) is 0 Å². The molecule has 2 atom stereocenters. The lowest BCUT2D eigenvalue weighted by Gasteiger charge is -2.31. The normalized spacial score (nSPS) is 30.2. The SMILES string of the molecule is CC(CCN1CCCCC1)C1CCCNC1. The Morgan fingerprint density at radius 1 is 1.19 bits per heavy atom. The summed E-state index contributed by atoms with van der Waals surface area (Å²) in [5, 5.41) is 3.54. The van der Waals surface area contributed by atoms with E-state index in [-0.39, 0.29) is 0 Å². The van der Waals surface area contributed by atoms with Crippen molar-refractivity contribution in [3.05, 3.63) is 0 Å². The summed E-state index contributed by atoms with van der Waals surface area (Å²) in [4.78, 5) is 2.68. The zero-order chi connectivity index (χ0) is 11.2. The van der Waals surface area contributed by atoms with Gasteiger partial charge in [0.15, 0.2) is 0 Å². The van der Waals surface area contributed by atoms with Crippen molar-refractivity contribution >= 4 is 0 Å². The van der Waals surface area contributed by atoms with Gasteiger partial charge in [0.25, 0.3) is 0 Å². The van der Waals surface area contributed by atoms with E-state index in [0.29, 0.717) is 0 Å². The summed E-state index contributed by atoms with van der Waals surface area (Å²) in [5.41, 5.74) is 0. The van der Waals surface area contributed by atoms with Gasteiger partial charge in [-0.15, -0.1) is 0 Å². The Kier molecular flexibility index (Phi) is 5.11. The summed E-state index contributed by atoms with van der Waals surface area (Å²) < 4.78 is 0. The lowest BCUT2D eigenvalue weighted by molar-refractivity contribution is 0.190. The lowest BCUT2D eigenvalue weighted by atomic mass is 9.85. The second-order valence-electron chi connectivity index (χ2n) is 5.77. The summed E-state index contributed by atoms with van der Waals surface area (Å²) in [5.74, 6) is 1.85. The molecule has 2 fully saturated rings. The van der Waals surface area contributed by atoms with E-state index in [4.69, 9.17) is 0 Å². The maximum absolute atomic E-state index is 3.54. The highest BCUT2D eigenvalue weighted by Crippen LogP contribution is 2.23. The highest BCUT2D eigenvalue weighted by Gasteiger charge is 2.20. The van der Waals surface area contributed by atoms with E-state index >= 15 is 0 Å². The van der Waals surface area contributed by atoms with Crippen LogP contribution in [-0.2, 0) is 0 Å². The zero-order valence-electron chi connectivity index (χ0n) is 10.9. The minimum atomic E-state index is 0.912. The molecule has 0 spiro atoms. The average molecular weight is 224 g/mol. The Hall–Kier alpha value is -0.0800. The highest BCUT2D eigenvalue weighted by molar-refractivity contribution is 4.75. The molecular formula is C14H28N2. The first-order valence-corrected chi connectivity index (χ1v) is 7.29. The summed E-state index contributed by atoms with van der Waals surface area (Å²) in [6.07, 6.45) is 8.57. The van der Waals surface area contributed by atoms with Gasteiger partial charge < -0.3 is 10.2 Å². The van der Waals surface area contributed by atoms with Crippen LogP contribution in [0.2, 0.25) is 0 Å². The van der Waals surface area contributed by atoms with E-state index in [2.05, 4.69) is 17.1 Å². The van der Waals surface area contributed by atoms with E-state index in [1.54, 1.807) is 0 Å². The number of nitrogens with zero attached hydrogens (tertiary/aromatic N) is 1. The molecule has 0 aliphatic carbocycles. The van der Waals surface area contributed by atoms with Gasteiger partial charge in [-0.3, -0.25) is 0 Å². The fourth-order valence-corrected chi connectivity index (χ4v) is 3.17. The molecular weight excluding hydrogens is 196 g/mol. The van der Waals surface area contributed by atoms with Crippen molar-refractivity contribution in [1.29, 1.82) is 0 Å². The van der Waals surface area contributed by atoms with Gasteiger partial charge in [-0.05, 0) is 76.7 Å². The first kappa shape index (κ1) is 12.4. The van der Waals surface area contributed by atoms with Crippen LogP contribution in [0.4, 0.5) is 0 Å². The quantitative estimate of drug-likeness (QED) is 0.789. The molecule has 0 amide bonds. The predicted octanol–water partition coefficient (Wildman–Crippen LogP) is 2.50. The van der Waals surface area contributed by atoms with Gasteiger partial charge in [-0.1, -0.05) is 13.3 Å². The van der Waals surface area contributed by atoms with Crippen LogP contribution in [0, 0.1) is 11.8 Å². The van der Waals surface area contributed by atoms with Crippen molar-refractivity contribution in [2.75, 3.05) is 32.7 Å². The molecule has 1 N–H and O–H groups in total. The second-order valence-corrected chi connectivity index (χ2v) is 5.77. The zero-order valence-corrected chi connectivity index (χ0v) is 10.9. The topological polar surface area (TPSA) is 15.3 Å². The van der Waals surface area contributed by atoms with Crippen LogP contribution < -0.4 is 5.32 Å². The molecule has 0 saturated carbocycles. The van der Waals surface area contributed by atoms with E-state index in [9.17, 15) is 0 Å². The van der Waals surface area contributed by atoms with Gasteiger partial charge in [0.1, 0.15) is 0 Å². The smallest absolute Gasteiger partial charge is 0.00161 e. The fraction of sp³-hybridized carbons (Fsp3) is 1.00. The first-order chi connectivity index (χ1) is 7.86. The number of hydrogen-bond acceptors (Lipinski definition) is 2. The molecule has 2 heterocycles. The molecule has 16 heavy (non-hydrogen) atoms. The second kappa shape index (κ2) is 6.61. The van der Waals surface area contributed by atoms with Crippen molar-refractivity contribution in [3.63, 3.8) is 0 Å². The van der Waals surface area contributed by atoms with Crippen LogP contribution in [0.3, 0.4) is 0 Å². The number of rotatable bonds is 4. The first-order valence-electron chi connectivity index (χ1n) is 7.29. The highest BCUT2D eigenvalue weighted by atomic mass is 15.1. The van der Waals surface area contributed by atoms with Gasteiger partial charge in [-0.2, -0.15) is 0 Å². The minimum Gasteiger partial charge on any atom is -0.316 e. The standard InChI is InChI=1S/C14H28N2/c1-13(14-6-5-8-15-12-14)7-11-16-9-3-2-4-10-16/h13-15H,2-12H2,1H3. The third kappa shape index (κ3) is 3.74. The van der Waals surface area contributed by atoms with Gasteiger partial charge in [0.05, 0.1) is 0 Å². The van der Waals surface area contributed by atoms with Crippen molar-refractivity contribution < 1.29 is 0 Å². The van der Waals surface area contributed by atoms with Crippen LogP contribution in [-0.4, -0.2) is 37.6 Å². The Labute approximate surface area is 101 Å². The summed E-state index contributed by atoms with van der Waals surface area (Å²) in [6, 6.07) is 0. The van der Waals surface area contributed by atoms with Crippen LogP contribution >= 0.6 is 0 Å². The molecule has 2 aliphatic heterocycles. The predicted molar refractivity (Wildman–Crippen MR) is 69.7 cm³/mol. The molecule has 2 rings (SSSR count). The van der Waals surface area contributed by atoms with E-state index in [1.165, 1.54) is 71.2 Å². The maximum Gasteiger partial charge on any atom is -0.00161 e. The summed E-state index contributed by atoms with van der Waals surface area (Å²) in [6.45, 7) is 9.03. The molecule has 2 nitrogen and oxygen atoms in total. The molecule has 2 aliphatic rings.